The summed E-state index contributed by atoms with van der Waals surface area (Å²) < 4.78 is 6.15. The molecule has 0 heterocycles. The lowest BCUT2D eigenvalue weighted by molar-refractivity contribution is -0.296. The lowest BCUT2D eigenvalue weighted by atomic mass is 9.81. The van der Waals surface area contributed by atoms with Crippen LogP contribution < -0.4 is 10.0 Å². The van der Waals surface area contributed by atoms with Crippen LogP contribution >= 0.6 is 17.8 Å². The normalized spacial score (nSPS) is 18.2. The molecule has 4 nitrogen and oxygen atoms in total. The van der Waals surface area contributed by atoms with Crippen molar-refractivity contribution < 1.29 is 19.7 Å². The molecule has 0 aromatic heterocycles. The van der Waals surface area contributed by atoms with Gasteiger partial charge in [-0.25, -0.2) is 4.89 Å². The number of hydrogen-bond acceptors (Lipinski definition) is 4. The third-order valence-electron chi connectivity index (χ3n) is 5.25. The number of carbonyl (C=O) groups is 1. The number of ether oxygens (including phenoxy) is 1. The van der Waals surface area contributed by atoms with Crippen LogP contribution in [0.5, 0.6) is 5.75 Å². The average molecular weight is 481 g/mol. The van der Waals surface area contributed by atoms with Crippen LogP contribution in [-0.4, -0.2) is 24.8 Å². The molecule has 0 spiro atoms. The van der Waals surface area contributed by atoms with Gasteiger partial charge in [-0.05, 0) is 73.0 Å². The highest BCUT2D eigenvalue weighted by Gasteiger charge is 2.30. The van der Waals surface area contributed by atoms with Gasteiger partial charge in [0.25, 0.3) is 0 Å². The average Bonchev–Trinajstić information content (AvgIpc) is 2.90. The van der Waals surface area contributed by atoms with E-state index < -0.39 is 0 Å². The van der Waals surface area contributed by atoms with Crippen molar-refractivity contribution >= 4 is 29.9 Å². The maximum atomic E-state index is 9.47. The fraction of sp³-hybridized carbons (Fsp3) is 0.500. The fourth-order valence-corrected chi connectivity index (χ4v) is 4.44. The van der Waals surface area contributed by atoms with Gasteiger partial charge in [0.15, 0.2) is 0 Å². The summed E-state index contributed by atoms with van der Waals surface area (Å²) in [7, 11) is 3.55. The largest absolute Gasteiger partial charge is 0.490 e. The molecule has 2 aromatic rings. The highest BCUT2D eigenvalue weighted by atomic mass is 31.1. The van der Waals surface area contributed by atoms with E-state index >= 15 is 0 Å². The Kier molecular flexibility index (Phi) is 18.4. The fourth-order valence-electron chi connectivity index (χ4n) is 3.66. The van der Waals surface area contributed by atoms with Crippen molar-refractivity contribution in [2.24, 2.45) is 5.92 Å². The van der Waals surface area contributed by atoms with Gasteiger partial charge in [0.05, 0.1) is 6.10 Å². The van der Waals surface area contributed by atoms with E-state index in [1.54, 1.807) is 0 Å². The first kappa shape index (κ1) is 30.7. The maximum Gasteiger partial charge on any atom is 0.120 e. The summed E-state index contributed by atoms with van der Waals surface area (Å²) in [6.45, 7) is 12.2. The highest BCUT2D eigenvalue weighted by molar-refractivity contribution is 7.46. The van der Waals surface area contributed by atoms with Crippen LogP contribution in [0.4, 0.5) is 0 Å². The first-order valence-electron chi connectivity index (χ1n) is 11.6. The van der Waals surface area contributed by atoms with Gasteiger partial charge < -0.3 is 9.53 Å². The predicted octanol–water partition coefficient (Wildman–Crippen LogP) is 7.03. The smallest absolute Gasteiger partial charge is 0.120 e. The monoisotopic (exact) mass is 480 g/mol. The van der Waals surface area contributed by atoms with Crippen molar-refractivity contribution in [2.75, 3.05) is 6.66 Å². The van der Waals surface area contributed by atoms with E-state index in [1.165, 1.54) is 10.9 Å². The molecule has 0 aliphatic heterocycles. The molecule has 0 radical (unpaired) electrons. The zero-order chi connectivity index (χ0) is 24.4. The molecule has 2 aromatic carbocycles. The number of benzene rings is 2. The van der Waals surface area contributed by atoms with Gasteiger partial charge in [0.1, 0.15) is 18.6 Å². The SMILES string of the molecule is C=O.CC.CC.CPc1ccc(OC2CCC(C(OO)c3ccc(CP)cc3)CC2)cc1. The minimum atomic E-state index is -0.251. The quantitative estimate of drug-likeness (QED) is 0.263. The molecule has 6 heteroatoms. The molecule has 1 fully saturated rings. The molecular weight excluding hydrogens is 438 g/mol. The summed E-state index contributed by atoms with van der Waals surface area (Å²) >= 11 is 0. The number of rotatable bonds is 7. The lowest BCUT2D eigenvalue weighted by Crippen LogP contribution is -2.28. The van der Waals surface area contributed by atoms with Gasteiger partial charge in [0.2, 0.25) is 0 Å². The van der Waals surface area contributed by atoms with Crippen molar-refractivity contribution in [3.63, 3.8) is 0 Å². The Morgan fingerprint density at radius 3 is 1.94 bits per heavy atom. The van der Waals surface area contributed by atoms with Crippen LogP contribution in [-0.2, 0) is 15.8 Å². The van der Waals surface area contributed by atoms with E-state index in [1.807, 2.05) is 34.5 Å². The van der Waals surface area contributed by atoms with Crippen molar-refractivity contribution in [2.45, 2.75) is 71.7 Å². The molecule has 1 aliphatic carbocycles. The van der Waals surface area contributed by atoms with E-state index in [9.17, 15) is 5.26 Å². The van der Waals surface area contributed by atoms with Gasteiger partial charge in [0, 0.05) is 0 Å². The van der Waals surface area contributed by atoms with E-state index in [2.05, 4.69) is 64.4 Å². The third-order valence-corrected chi connectivity index (χ3v) is 6.63. The zero-order valence-corrected chi connectivity index (χ0v) is 22.5. The summed E-state index contributed by atoms with van der Waals surface area (Å²) in [5.41, 5.74) is 2.32. The molecule has 32 heavy (non-hydrogen) atoms. The zero-order valence-electron chi connectivity index (χ0n) is 20.3. The van der Waals surface area contributed by atoms with Crippen LogP contribution in [0, 0.1) is 5.92 Å². The molecule has 0 amide bonds. The van der Waals surface area contributed by atoms with Gasteiger partial charge in [-0.1, -0.05) is 72.7 Å². The Morgan fingerprint density at radius 2 is 1.50 bits per heavy atom. The van der Waals surface area contributed by atoms with Crippen LogP contribution in [0.25, 0.3) is 0 Å². The third kappa shape index (κ3) is 10.1. The minimum absolute atomic E-state index is 0.250. The van der Waals surface area contributed by atoms with Crippen LogP contribution in [0.15, 0.2) is 48.5 Å². The molecule has 180 valence electrons. The Hall–Kier alpha value is -1.31. The van der Waals surface area contributed by atoms with Crippen molar-refractivity contribution in [1.82, 2.24) is 0 Å². The molecule has 1 saturated carbocycles. The summed E-state index contributed by atoms with van der Waals surface area (Å²) in [5.74, 6) is 1.28. The molecule has 1 aliphatic rings. The van der Waals surface area contributed by atoms with E-state index in [0.29, 0.717) is 5.92 Å². The molecule has 0 saturated heterocycles. The van der Waals surface area contributed by atoms with Gasteiger partial charge in [-0.15, -0.1) is 9.24 Å². The molecule has 1 N–H and O–H groups in total. The number of carbonyl (C=O) groups excluding carboxylic acids is 1. The van der Waals surface area contributed by atoms with Crippen LogP contribution in [0.1, 0.15) is 70.6 Å². The van der Waals surface area contributed by atoms with Crippen molar-refractivity contribution in [3.8, 4) is 5.75 Å². The Balaban J connectivity index is 0.00000148. The molecule has 3 atom stereocenters. The lowest BCUT2D eigenvalue weighted by Gasteiger charge is -2.32. The Bertz CT molecular complexity index is 684. The topological polar surface area (TPSA) is 55.8 Å². The molecular formula is C26H42O4P2. The van der Waals surface area contributed by atoms with Gasteiger partial charge in [-0.3, -0.25) is 5.26 Å². The first-order chi connectivity index (χ1) is 15.7. The van der Waals surface area contributed by atoms with E-state index in [4.69, 9.17) is 14.4 Å². The van der Waals surface area contributed by atoms with Crippen molar-refractivity contribution in [1.29, 1.82) is 0 Å². The predicted molar refractivity (Wildman–Crippen MR) is 143 cm³/mol. The molecule has 3 rings (SSSR count). The van der Waals surface area contributed by atoms with E-state index in [0.717, 1.165) is 51.7 Å². The minimum Gasteiger partial charge on any atom is -0.490 e. The second-order valence-electron chi connectivity index (χ2n) is 6.90. The summed E-state index contributed by atoms with van der Waals surface area (Å²) in [4.78, 5) is 12.9. The first-order valence-corrected chi connectivity index (χ1v) is 13.9. The second-order valence-corrected chi connectivity index (χ2v) is 8.39. The van der Waals surface area contributed by atoms with Crippen LogP contribution in [0.2, 0.25) is 0 Å². The number of hydrogen-bond donors (Lipinski definition) is 1. The van der Waals surface area contributed by atoms with E-state index in [-0.39, 0.29) is 12.2 Å². The standard InChI is InChI=1S/C21H28O3P2.2C2H6.CH2O/c1-26-20-12-10-19(11-13-20)23-18-8-6-17(7-9-18)21(24-22)16-4-2-15(14-25)3-5-16;3*1-2/h2-5,10-13,17-18,21-22,26H,6-9,14,25H2,1H3;2*1-2H3;1H2. The summed E-state index contributed by atoms with van der Waals surface area (Å²) in [6.07, 6.45) is 4.91. The Morgan fingerprint density at radius 1 is 0.969 bits per heavy atom. The van der Waals surface area contributed by atoms with Gasteiger partial charge >= 0.3 is 0 Å². The highest BCUT2D eigenvalue weighted by Crippen LogP contribution is 2.37. The van der Waals surface area contributed by atoms with Crippen molar-refractivity contribution in [3.05, 3.63) is 59.7 Å². The van der Waals surface area contributed by atoms with Gasteiger partial charge in [-0.2, -0.15) is 0 Å². The maximum absolute atomic E-state index is 9.47. The summed E-state index contributed by atoms with van der Waals surface area (Å²) in [5, 5.41) is 10.8. The molecule has 0 bridgehead atoms. The Labute approximate surface area is 199 Å². The molecule has 3 unspecified atom stereocenters. The van der Waals surface area contributed by atoms with Crippen LogP contribution in [0.3, 0.4) is 0 Å². The summed E-state index contributed by atoms with van der Waals surface area (Å²) in [6, 6.07) is 16.8. The second kappa shape index (κ2) is 19.2.